The van der Waals surface area contributed by atoms with Crippen molar-refractivity contribution in [1.82, 2.24) is 10.2 Å². The van der Waals surface area contributed by atoms with Gasteiger partial charge in [0.2, 0.25) is 0 Å². The Morgan fingerprint density at radius 3 is 2.65 bits per heavy atom. The first-order valence-corrected chi connectivity index (χ1v) is 6.84. The monoisotopic (exact) mass is 235 g/mol. The van der Waals surface area contributed by atoms with Gasteiger partial charge in [0.15, 0.2) is 0 Å². The summed E-state index contributed by atoms with van der Waals surface area (Å²) in [6, 6.07) is 2.55. The van der Waals surface area contributed by atoms with Crippen molar-refractivity contribution in [1.29, 1.82) is 5.26 Å². The zero-order chi connectivity index (χ0) is 12.5. The van der Waals surface area contributed by atoms with Gasteiger partial charge in [0, 0.05) is 13.1 Å². The van der Waals surface area contributed by atoms with Gasteiger partial charge in [0.1, 0.15) is 5.54 Å². The molecule has 2 rings (SSSR count). The number of nitriles is 1. The highest BCUT2D eigenvalue weighted by Crippen LogP contribution is 2.40. The standard InChI is InChI=1S/C14H25N3/c1-13(2)7-4-8-17(10-13)11-14(9-15,16-3)12-5-6-12/h12,16H,4-8,10-11H2,1-3H3. The summed E-state index contributed by atoms with van der Waals surface area (Å²) in [4.78, 5) is 2.49. The number of rotatable bonds is 4. The number of hydrogen-bond donors (Lipinski definition) is 1. The van der Waals surface area contributed by atoms with Gasteiger partial charge in [-0.3, -0.25) is 4.90 Å². The van der Waals surface area contributed by atoms with Gasteiger partial charge in [-0.15, -0.1) is 0 Å². The fraction of sp³-hybridized carbons (Fsp3) is 0.929. The average Bonchev–Trinajstić information content (AvgIpc) is 3.09. The molecule has 0 bridgehead atoms. The third-order valence-electron chi connectivity index (χ3n) is 4.37. The maximum Gasteiger partial charge on any atom is 0.122 e. The number of nitrogens with one attached hydrogen (secondary N) is 1. The van der Waals surface area contributed by atoms with Gasteiger partial charge >= 0.3 is 0 Å². The van der Waals surface area contributed by atoms with Gasteiger partial charge in [-0.05, 0) is 50.6 Å². The summed E-state index contributed by atoms with van der Waals surface area (Å²) in [7, 11) is 1.94. The van der Waals surface area contributed by atoms with E-state index in [4.69, 9.17) is 0 Å². The van der Waals surface area contributed by atoms with Crippen LogP contribution in [0.25, 0.3) is 0 Å². The van der Waals surface area contributed by atoms with E-state index in [-0.39, 0.29) is 5.54 Å². The quantitative estimate of drug-likeness (QED) is 0.810. The fourth-order valence-electron chi connectivity index (χ4n) is 3.20. The van der Waals surface area contributed by atoms with Crippen molar-refractivity contribution in [2.75, 3.05) is 26.7 Å². The highest BCUT2D eigenvalue weighted by atomic mass is 15.2. The molecule has 0 aromatic rings. The predicted octanol–water partition coefficient (Wildman–Crippen LogP) is 2.00. The summed E-state index contributed by atoms with van der Waals surface area (Å²) >= 11 is 0. The molecule has 3 heteroatoms. The average molecular weight is 235 g/mol. The van der Waals surface area contributed by atoms with Gasteiger partial charge in [-0.1, -0.05) is 13.8 Å². The summed E-state index contributed by atoms with van der Waals surface area (Å²) in [5, 5.41) is 12.8. The molecular weight excluding hydrogens is 210 g/mol. The van der Waals surface area contributed by atoms with Crippen molar-refractivity contribution in [3.63, 3.8) is 0 Å². The van der Waals surface area contributed by atoms with Crippen molar-refractivity contribution in [2.24, 2.45) is 11.3 Å². The zero-order valence-electron chi connectivity index (χ0n) is 11.4. The molecule has 2 fully saturated rings. The van der Waals surface area contributed by atoms with E-state index in [1.807, 2.05) is 7.05 Å². The molecule has 1 atom stereocenters. The SMILES string of the molecule is CNC(C#N)(CN1CCCC(C)(C)C1)C1CC1. The first-order chi connectivity index (χ1) is 8.01. The lowest BCUT2D eigenvalue weighted by atomic mass is 9.83. The molecule has 1 heterocycles. The summed E-state index contributed by atoms with van der Waals surface area (Å²) in [6.07, 6.45) is 5.01. The lowest BCUT2D eigenvalue weighted by Gasteiger charge is -2.41. The minimum Gasteiger partial charge on any atom is -0.301 e. The van der Waals surface area contributed by atoms with E-state index in [1.54, 1.807) is 0 Å². The topological polar surface area (TPSA) is 39.1 Å². The van der Waals surface area contributed by atoms with Crippen LogP contribution in [-0.4, -0.2) is 37.1 Å². The molecule has 0 amide bonds. The smallest absolute Gasteiger partial charge is 0.122 e. The summed E-state index contributed by atoms with van der Waals surface area (Å²) in [5.74, 6) is 0.572. The van der Waals surface area contributed by atoms with E-state index in [2.05, 4.69) is 30.1 Å². The minimum atomic E-state index is -0.298. The van der Waals surface area contributed by atoms with Crippen molar-refractivity contribution >= 4 is 0 Å². The maximum absolute atomic E-state index is 9.51. The molecule has 0 aromatic carbocycles. The Morgan fingerprint density at radius 2 is 2.18 bits per heavy atom. The Morgan fingerprint density at radius 1 is 1.47 bits per heavy atom. The van der Waals surface area contributed by atoms with Gasteiger partial charge in [-0.25, -0.2) is 0 Å². The van der Waals surface area contributed by atoms with E-state index in [0.29, 0.717) is 11.3 Å². The molecule has 1 N–H and O–H groups in total. The maximum atomic E-state index is 9.51. The molecular formula is C14H25N3. The van der Waals surface area contributed by atoms with Crippen molar-refractivity contribution in [3.05, 3.63) is 0 Å². The number of likely N-dealkylation sites (N-methyl/N-ethyl adjacent to an activating group) is 1. The third-order valence-corrected chi connectivity index (χ3v) is 4.37. The molecule has 1 unspecified atom stereocenters. The zero-order valence-corrected chi connectivity index (χ0v) is 11.4. The van der Waals surface area contributed by atoms with Crippen LogP contribution >= 0.6 is 0 Å². The lowest BCUT2D eigenvalue weighted by Crippen LogP contribution is -2.55. The second-order valence-corrected chi connectivity index (χ2v) is 6.59. The van der Waals surface area contributed by atoms with Crippen LogP contribution in [0.3, 0.4) is 0 Å². The van der Waals surface area contributed by atoms with E-state index in [0.717, 1.165) is 19.6 Å². The fourth-order valence-corrected chi connectivity index (χ4v) is 3.20. The normalized spacial score (nSPS) is 28.4. The molecule has 3 nitrogen and oxygen atoms in total. The molecule has 96 valence electrons. The largest absolute Gasteiger partial charge is 0.301 e. The Hall–Kier alpha value is -0.590. The Bertz CT molecular complexity index is 314. The van der Waals surface area contributed by atoms with Gasteiger partial charge < -0.3 is 5.32 Å². The predicted molar refractivity (Wildman–Crippen MR) is 69.6 cm³/mol. The third kappa shape index (κ3) is 2.81. The lowest BCUT2D eigenvalue weighted by molar-refractivity contribution is 0.0933. The molecule has 1 aliphatic carbocycles. The Balaban J connectivity index is 2.01. The van der Waals surface area contributed by atoms with E-state index >= 15 is 0 Å². The second kappa shape index (κ2) is 4.59. The molecule has 0 aromatic heterocycles. The first kappa shape index (κ1) is 12.9. The van der Waals surface area contributed by atoms with Crippen LogP contribution in [0.1, 0.15) is 39.5 Å². The number of hydrogen-bond acceptors (Lipinski definition) is 3. The highest BCUT2D eigenvalue weighted by molar-refractivity contribution is 5.16. The molecule has 1 saturated carbocycles. The van der Waals surface area contributed by atoms with Crippen LogP contribution in [-0.2, 0) is 0 Å². The number of piperidine rings is 1. The van der Waals surface area contributed by atoms with Crippen LogP contribution < -0.4 is 5.32 Å². The summed E-state index contributed by atoms with van der Waals surface area (Å²) < 4.78 is 0. The van der Waals surface area contributed by atoms with Crippen LogP contribution in [0.5, 0.6) is 0 Å². The summed E-state index contributed by atoms with van der Waals surface area (Å²) in [5.41, 5.74) is 0.115. The van der Waals surface area contributed by atoms with Crippen LogP contribution in [0, 0.1) is 22.7 Å². The van der Waals surface area contributed by atoms with Gasteiger partial charge in [-0.2, -0.15) is 5.26 Å². The van der Waals surface area contributed by atoms with Gasteiger partial charge in [0.05, 0.1) is 6.07 Å². The summed E-state index contributed by atoms with van der Waals surface area (Å²) in [6.45, 7) is 7.85. The van der Waals surface area contributed by atoms with E-state index < -0.39 is 0 Å². The Kier molecular flexibility index (Phi) is 3.47. The van der Waals surface area contributed by atoms with Crippen LogP contribution in [0.2, 0.25) is 0 Å². The van der Waals surface area contributed by atoms with E-state index in [1.165, 1.54) is 25.7 Å². The number of nitrogens with zero attached hydrogens (tertiary/aromatic N) is 2. The molecule has 2 aliphatic rings. The molecule has 0 spiro atoms. The van der Waals surface area contributed by atoms with Crippen LogP contribution in [0.15, 0.2) is 0 Å². The highest BCUT2D eigenvalue weighted by Gasteiger charge is 2.46. The molecule has 1 aliphatic heterocycles. The molecule has 17 heavy (non-hydrogen) atoms. The number of likely N-dealkylation sites (tertiary alicyclic amines) is 1. The molecule has 1 saturated heterocycles. The Labute approximate surface area is 105 Å². The first-order valence-electron chi connectivity index (χ1n) is 6.84. The van der Waals surface area contributed by atoms with Crippen molar-refractivity contribution in [2.45, 2.75) is 45.1 Å². The molecule has 0 radical (unpaired) electrons. The van der Waals surface area contributed by atoms with Gasteiger partial charge in [0.25, 0.3) is 0 Å². The minimum absolute atomic E-state index is 0.298. The van der Waals surface area contributed by atoms with Crippen LogP contribution in [0.4, 0.5) is 0 Å². The second-order valence-electron chi connectivity index (χ2n) is 6.59. The van der Waals surface area contributed by atoms with Crippen molar-refractivity contribution < 1.29 is 0 Å². The van der Waals surface area contributed by atoms with E-state index in [9.17, 15) is 5.26 Å². The van der Waals surface area contributed by atoms with Crippen molar-refractivity contribution in [3.8, 4) is 6.07 Å².